The number of hydrogen-bond donors (Lipinski definition) is 2. The van der Waals surface area contributed by atoms with Gasteiger partial charge in [0.05, 0.1) is 6.54 Å². The molecule has 0 spiro atoms. The summed E-state index contributed by atoms with van der Waals surface area (Å²) in [6, 6.07) is 7.74. The molecule has 0 aromatic heterocycles. The first-order valence-electron chi connectivity index (χ1n) is 11.9. The van der Waals surface area contributed by atoms with Crippen LogP contribution < -0.4 is 15.5 Å². The molecule has 6 heteroatoms. The van der Waals surface area contributed by atoms with Crippen molar-refractivity contribution in [3.05, 3.63) is 29.8 Å². The quantitative estimate of drug-likeness (QED) is 0.707. The standard InChI is InChI=1S/C25H33N3O3/c29-22(14-25-11-18-7-19(12-25)9-20(8-18)13-25)27-16-23(30)26-15-17-3-1-4-21(10-17)28-6-2-5-24(28)31/h1,3-4,10,18-20H,2,5-9,11-16H2,(H,26,30)(H,27,29). The number of anilines is 1. The highest BCUT2D eigenvalue weighted by Crippen LogP contribution is 2.61. The van der Waals surface area contributed by atoms with Crippen molar-refractivity contribution in [3.8, 4) is 0 Å². The summed E-state index contributed by atoms with van der Waals surface area (Å²) in [5.74, 6) is 2.48. The van der Waals surface area contributed by atoms with Crippen molar-refractivity contribution in [2.24, 2.45) is 23.2 Å². The molecule has 6 rings (SSSR count). The third kappa shape index (κ3) is 4.48. The van der Waals surface area contributed by atoms with Gasteiger partial charge in [0.15, 0.2) is 0 Å². The van der Waals surface area contributed by atoms with Crippen LogP contribution in [-0.2, 0) is 20.9 Å². The molecule has 3 amide bonds. The van der Waals surface area contributed by atoms with Crippen LogP contribution in [0.4, 0.5) is 5.69 Å². The third-order valence-corrected chi connectivity index (χ3v) is 7.93. The number of nitrogens with one attached hydrogen (secondary N) is 2. The summed E-state index contributed by atoms with van der Waals surface area (Å²) in [5.41, 5.74) is 2.03. The summed E-state index contributed by atoms with van der Waals surface area (Å²) in [7, 11) is 0. The van der Waals surface area contributed by atoms with Gasteiger partial charge in [-0.1, -0.05) is 12.1 Å². The summed E-state index contributed by atoms with van der Waals surface area (Å²) in [4.78, 5) is 38.6. The Hall–Kier alpha value is -2.37. The van der Waals surface area contributed by atoms with E-state index >= 15 is 0 Å². The lowest BCUT2D eigenvalue weighted by Crippen LogP contribution is -2.48. The van der Waals surface area contributed by atoms with E-state index in [9.17, 15) is 14.4 Å². The number of benzene rings is 1. The summed E-state index contributed by atoms with van der Waals surface area (Å²) < 4.78 is 0. The topological polar surface area (TPSA) is 78.5 Å². The highest BCUT2D eigenvalue weighted by Gasteiger charge is 2.51. The molecule has 5 fully saturated rings. The lowest BCUT2D eigenvalue weighted by atomic mass is 9.49. The molecule has 1 aromatic rings. The summed E-state index contributed by atoms with van der Waals surface area (Å²) in [5, 5.41) is 5.74. The van der Waals surface area contributed by atoms with E-state index in [0.717, 1.165) is 42.0 Å². The van der Waals surface area contributed by atoms with E-state index in [2.05, 4.69) is 10.6 Å². The van der Waals surface area contributed by atoms with Gasteiger partial charge in [-0.25, -0.2) is 0 Å². The van der Waals surface area contributed by atoms with Gasteiger partial charge in [0.25, 0.3) is 0 Å². The van der Waals surface area contributed by atoms with E-state index < -0.39 is 0 Å². The maximum absolute atomic E-state index is 12.6. The summed E-state index contributed by atoms with van der Waals surface area (Å²) in [6.45, 7) is 1.17. The number of carbonyl (C=O) groups is 3. The van der Waals surface area contributed by atoms with E-state index in [1.54, 1.807) is 4.90 Å². The van der Waals surface area contributed by atoms with Gasteiger partial charge in [-0.2, -0.15) is 0 Å². The van der Waals surface area contributed by atoms with Gasteiger partial charge in [0.2, 0.25) is 17.7 Å². The highest BCUT2D eigenvalue weighted by atomic mass is 16.2. The second-order valence-corrected chi connectivity index (χ2v) is 10.5. The van der Waals surface area contributed by atoms with Crippen LogP contribution in [0.25, 0.3) is 0 Å². The van der Waals surface area contributed by atoms with Gasteiger partial charge >= 0.3 is 0 Å². The lowest BCUT2D eigenvalue weighted by Gasteiger charge is -2.56. The number of amides is 3. The number of hydrogen-bond acceptors (Lipinski definition) is 3. The molecular weight excluding hydrogens is 390 g/mol. The monoisotopic (exact) mass is 423 g/mol. The number of carbonyl (C=O) groups excluding carboxylic acids is 3. The van der Waals surface area contributed by atoms with Gasteiger partial charge < -0.3 is 15.5 Å². The Bertz CT molecular complexity index is 845. The van der Waals surface area contributed by atoms with Gasteiger partial charge in [0, 0.05) is 31.6 Å². The molecular formula is C25H33N3O3. The zero-order valence-corrected chi connectivity index (χ0v) is 18.2. The molecule has 5 aliphatic rings. The Kier molecular flexibility index (Phi) is 5.49. The molecule has 4 saturated carbocycles. The molecule has 0 radical (unpaired) electrons. The van der Waals surface area contributed by atoms with Crippen molar-refractivity contribution < 1.29 is 14.4 Å². The van der Waals surface area contributed by atoms with Gasteiger partial charge in [0.1, 0.15) is 0 Å². The van der Waals surface area contributed by atoms with Crippen LogP contribution >= 0.6 is 0 Å². The maximum Gasteiger partial charge on any atom is 0.239 e. The molecule has 2 N–H and O–H groups in total. The normalized spacial score (nSPS) is 31.2. The number of nitrogens with zero attached hydrogens (tertiary/aromatic N) is 1. The minimum absolute atomic E-state index is 0.0200. The molecule has 4 bridgehead atoms. The predicted octanol–water partition coefficient (Wildman–Crippen LogP) is 3.15. The van der Waals surface area contributed by atoms with Gasteiger partial charge in [-0.15, -0.1) is 0 Å². The first kappa shape index (κ1) is 20.5. The maximum atomic E-state index is 12.6. The second kappa shape index (κ2) is 8.29. The van der Waals surface area contributed by atoms with E-state index in [1.807, 2.05) is 24.3 Å². The minimum Gasteiger partial charge on any atom is -0.350 e. The van der Waals surface area contributed by atoms with Crippen molar-refractivity contribution >= 4 is 23.4 Å². The Labute approximate surface area is 184 Å². The van der Waals surface area contributed by atoms with Crippen molar-refractivity contribution in [1.29, 1.82) is 0 Å². The third-order valence-electron chi connectivity index (χ3n) is 7.93. The second-order valence-electron chi connectivity index (χ2n) is 10.5. The van der Waals surface area contributed by atoms with Crippen molar-refractivity contribution in [2.45, 2.75) is 64.3 Å². The summed E-state index contributed by atoms with van der Waals surface area (Å²) >= 11 is 0. The van der Waals surface area contributed by atoms with Crippen molar-refractivity contribution in [2.75, 3.05) is 18.0 Å². The van der Waals surface area contributed by atoms with Crippen LogP contribution in [-0.4, -0.2) is 30.8 Å². The fraction of sp³-hybridized carbons (Fsp3) is 0.640. The molecule has 6 nitrogen and oxygen atoms in total. The fourth-order valence-electron chi connectivity index (χ4n) is 7.11. The first-order valence-corrected chi connectivity index (χ1v) is 11.9. The minimum atomic E-state index is -0.179. The molecule has 1 aromatic carbocycles. The van der Waals surface area contributed by atoms with Crippen molar-refractivity contribution in [3.63, 3.8) is 0 Å². The predicted molar refractivity (Wildman–Crippen MR) is 118 cm³/mol. The molecule has 31 heavy (non-hydrogen) atoms. The Balaban J connectivity index is 1.08. The van der Waals surface area contributed by atoms with E-state index in [1.165, 1.54) is 38.5 Å². The van der Waals surface area contributed by atoms with Gasteiger partial charge in [-0.3, -0.25) is 14.4 Å². The molecule has 1 saturated heterocycles. The van der Waals surface area contributed by atoms with Crippen LogP contribution in [0.2, 0.25) is 0 Å². The first-order chi connectivity index (χ1) is 15.0. The zero-order valence-electron chi connectivity index (χ0n) is 18.2. The lowest BCUT2D eigenvalue weighted by molar-refractivity contribution is -0.132. The Morgan fingerprint density at radius 2 is 1.71 bits per heavy atom. The highest BCUT2D eigenvalue weighted by molar-refractivity contribution is 5.95. The van der Waals surface area contributed by atoms with Gasteiger partial charge in [-0.05, 0) is 85.8 Å². The molecule has 166 valence electrons. The van der Waals surface area contributed by atoms with Crippen LogP contribution in [0.15, 0.2) is 24.3 Å². The molecule has 1 heterocycles. The molecule has 1 aliphatic heterocycles. The smallest absolute Gasteiger partial charge is 0.239 e. The number of rotatable bonds is 7. The fourth-order valence-corrected chi connectivity index (χ4v) is 7.11. The zero-order chi connectivity index (χ0) is 21.4. The van der Waals surface area contributed by atoms with E-state index in [-0.39, 0.29) is 29.7 Å². The summed E-state index contributed by atoms with van der Waals surface area (Å²) in [6.07, 6.45) is 9.79. The van der Waals surface area contributed by atoms with Crippen LogP contribution in [0.3, 0.4) is 0 Å². The van der Waals surface area contributed by atoms with E-state index in [0.29, 0.717) is 19.4 Å². The molecule has 0 unspecified atom stereocenters. The molecule has 0 atom stereocenters. The van der Waals surface area contributed by atoms with E-state index in [4.69, 9.17) is 0 Å². The van der Waals surface area contributed by atoms with Crippen molar-refractivity contribution in [1.82, 2.24) is 10.6 Å². The largest absolute Gasteiger partial charge is 0.350 e. The van der Waals surface area contributed by atoms with Crippen LogP contribution in [0.5, 0.6) is 0 Å². The Morgan fingerprint density at radius 1 is 1.00 bits per heavy atom. The Morgan fingerprint density at radius 3 is 2.35 bits per heavy atom. The van der Waals surface area contributed by atoms with Crippen LogP contribution in [0, 0.1) is 23.2 Å². The molecule has 4 aliphatic carbocycles. The SMILES string of the molecule is O=C(CNC(=O)CC12CC3CC(CC(C3)C1)C2)NCc1cccc(N2CCCC2=O)c1. The average Bonchev–Trinajstić information content (AvgIpc) is 3.15. The average molecular weight is 424 g/mol. The van der Waals surface area contributed by atoms with Crippen LogP contribution in [0.1, 0.15) is 63.4 Å².